The molecule has 0 aliphatic heterocycles. The third-order valence-electron chi connectivity index (χ3n) is 4.59. The van der Waals surface area contributed by atoms with Crippen LogP contribution in [-0.2, 0) is 0 Å². The van der Waals surface area contributed by atoms with Crippen molar-refractivity contribution in [2.45, 2.75) is 58.6 Å². The lowest BCUT2D eigenvalue weighted by Gasteiger charge is -2.29. The second-order valence-electron chi connectivity index (χ2n) is 6.09. The molecule has 2 N–H and O–H groups in total. The average molecular weight is 261 g/mol. The summed E-state index contributed by atoms with van der Waals surface area (Å²) in [7, 11) is 0. The Labute approximate surface area is 117 Å². The van der Waals surface area contributed by atoms with Crippen molar-refractivity contribution in [1.82, 2.24) is 5.32 Å². The molecule has 1 saturated carbocycles. The number of hydrogen-bond donors (Lipinski definition) is 2. The zero-order chi connectivity index (χ0) is 13.8. The Morgan fingerprint density at radius 3 is 2.63 bits per heavy atom. The number of aryl methyl sites for hydroxylation is 2. The van der Waals surface area contributed by atoms with Crippen LogP contribution >= 0.6 is 0 Å². The lowest BCUT2D eigenvalue weighted by atomic mass is 9.86. The van der Waals surface area contributed by atoms with Crippen molar-refractivity contribution in [3.05, 3.63) is 34.9 Å². The van der Waals surface area contributed by atoms with E-state index < -0.39 is 0 Å². The SMILES string of the molecule is Cc1ccc(C(C)NCC2CCCCC2O)cc1C. The molecule has 2 heteroatoms. The van der Waals surface area contributed by atoms with E-state index in [1.165, 1.54) is 29.5 Å². The first-order chi connectivity index (χ1) is 9.08. The topological polar surface area (TPSA) is 32.3 Å². The lowest BCUT2D eigenvalue weighted by Crippen LogP contribution is -2.34. The molecule has 0 bridgehead atoms. The van der Waals surface area contributed by atoms with Gasteiger partial charge >= 0.3 is 0 Å². The van der Waals surface area contributed by atoms with Gasteiger partial charge in [-0.2, -0.15) is 0 Å². The van der Waals surface area contributed by atoms with Crippen LogP contribution in [0.3, 0.4) is 0 Å². The van der Waals surface area contributed by atoms with E-state index in [4.69, 9.17) is 0 Å². The minimum Gasteiger partial charge on any atom is -0.393 e. The highest BCUT2D eigenvalue weighted by atomic mass is 16.3. The predicted octanol–water partition coefficient (Wildman–Crippen LogP) is 3.51. The Hall–Kier alpha value is -0.860. The summed E-state index contributed by atoms with van der Waals surface area (Å²) < 4.78 is 0. The molecule has 2 nitrogen and oxygen atoms in total. The summed E-state index contributed by atoms with van der Waals surface area (Å²) >= 11 is 0. The van der Waals surface area contributed by atoms with Gasteiger partial charge in [0.2, 0.25) is 0 Å². The van der Waals surface area contributed by atoms with E-state index in [2.05, 4.69) is 44.3 Å². The second-order valence-corrected chi connectivity index (χ2v) is 6.09. The van der Waals surface area contributed by atoms with Gasteiger partial charge in [0.05, 0.1) is 6.10 Å². The highest BCUT2D eigenvalue weighted by Crippen LogP contribution is 2.25. The molecule has 106 valence electrons. The maximum atomic E-state index is 9.99. The zero-order valence-corrected chi connectivity index (χ0v) is 12.4. The Balaban J connectivity index is 1.89. The van der Waals surface area contributed by atoms with E-state index in [1.54, 1.807) is 0 Å². The van der Waals surface area contributed by atoms with Gasteiger partial charge in [-0.1, -0.05) is 31.0 Å². The molecule has 1 aliphatic rings. The van der Waals surface area contributed by atoms with Gasteiger partial charge in [-0.05, 0) is 56.2 Å². The van der Waals surface area contributed by atoms with Gasteiger partial charge in [-0.25, -0.2) is 0 Å². The summed E-state index contributed by atoms with van der Waals surface area (Å²) in [6.07, 6.45) is 4.48. The fourth-order valence-electron chi connectivity index (χ4n) is 2.91. The molecule has 2 rings (SSSR count). The van der Waals surface area contributed by atoms with Gasteiger partial charge in [-0.15, -0.1) is 0 Å². The van der Waals surface area contributed by atoms with Crippen LogP contribution in [0.15, 0.2) is 18.2 Å². The van der Waals surface area contributed by atoms with Crippen molar-refractivity contribution in [2.24, 2.45) is 5.92 Å². The smallest absolute Gasteiger partial charge is 0.0580 e. The molecule has 3 atom stereocenters. The van der Waals surface area contributed by atoms with Gasteiger partial charge < -0.3 is 10.4 Å². The molecule has 0 spiro atoms. The fraction of sp³-hybridized carbons (Fsp3) is 0.647. The van der Waals surface area contributed by atoms with Gasteiger partial charge in [-0.3, -0.25) is 0 Å². The van der Waals surface area contributed by atoms with Gasteiger partial charge in [0.25, 0.3) is 0 Å². The number of aliphatic hydroxyl groups is 1. The maximum Gasteiger partial charge on any atom is 0.0580 e. The molecule has 1 aromatic rings. The molecule has 0 radical (unpaired) electrons. The van der Waals surface area contributed by atoms with Crippen molar-refractivity contribution in [2.75, 3.05) is 6.54 Å². The number of benzene rings is 1. The van der Waals surface area contributed by atoms with Crippen LogP contribution in [0.4, 0.5) is 0 Å². The van der Waals surface area contributed by atoms with Crippen LogP contribution in [0.2, 0.25) is 0 Å². The Kier molecular flexibility index (Phi) is 5.00. The van der Waals surface area contributed by atoms with E-state index in [1.807, 2.05) is 0 Å². The first-order valence-corrected chi connectivity index (χ1v) is 7.56. The number of hydrogen-bond acceptors (Lipinski definition) is 2. The number of aliphatic hydroxyl groups excluding tert-OH is 1. The third-order valence-corrected chi connectivity index (χ3v) is 4.59. The average Bonchev–Trinajstić information content (AvgIpc) is 2.40. The molecule has 0 aromatic heterocycles. The van der Waals surface area contributed by atoms with Crippen LogP contribution in [0.25, 0.3) is 0 Å². The van der Waals surface area contributed by atoms with Crippen LogP contribution in [0.5, 0.6) is 0 Å². The van der Waals surface area contributed by atoms with E-state index >= 15 is 0 Å². The summed E-state index contributed by atoms with van der Waals surface area (Å²) in [6.45, 7) is 7.45. The Morgan fingerprint density at radius 1 is 1.21 bits per heavy atom. The fourth-order valence-corrected chi connectivity index (χ4v) is 2.91. The largest absolute Gasteiger partial charge is 0.393 e. The normalized spacial score (nSPS) is 25.3. The Bertz CT molecular complexity index is 416. The zero-order valence-electron chi connectivity index (χ0n) is 12.4. The van der Waals surface area contributed by atoms with Crippen molar-refractivity contribution < 1.29 is 5.11 Å². The van der Waals surface area contributed by atoms with Crippen molar-refractivity contribution in [3.8, 4) is 0 Å². The summed E-state index contributed by atoms with van der Waals surface area (Å²) in [6, 6.07) is 7.02. The first-order valence-electron chi connectivity index (χ1n) is 7.56. The van der Waals surface area contributed by atoms with E-state index in [0.29, 0.717) is 12.0 Å². The molecule has 0 saturated heterocycles. The molecule has 0 amide bonds. The van der Waals surface area contributed by atoms with Crippen LogP contribution in [0, 0.1) is 19.8 Å². The van der Waals surface area contributed by atoms with Crippen molar-refractivity contribution in [1.29, 1.82) is 0 Å². The molecule has 3 unspecified atom stereocenters. The van der Waals surface area contributed by atoms with Crippen LogP contribution in [-0.4, -0.2) is 17.8 Å². The minimum atomic E-state index is -0.104. The van der Waals surface area contributed by atoms with Gasteiger partial charge in [0.1, 0.15) is 0 Å². The molecule has 1 aliphatic carbocycles. The molecular formula is C17H27NO. The highest BCUT2D eigenvalue weighted by Gasteiger charge is 2.23. The summed E-state index contributed by atoms with van der Waals surface area (Å²) in [5.74, 6) is 0.433. The lowest BCUT2D eigenvalue weighted by molar-refractivity contribution is 0.0684. The minimum absolute atomic E-state index is 0.104. The maximum absolute atomic E-state index is 9.99. The number of rotatable bonds is 4. The predicted molar refractivity (Wildman–Crippen MR) is 80.3 cm³/mol. The van der Waals surface area contributed by atoms with Crippen molar-refractivity contribution in [3.63, 3.8) is 0 Å². The molecule has 0 heterocycles. The van der Waals surface area contributed by atoms with E-state index in [-0.39, 0.29) is 6.10 Å². The first kappa shape index (κ1) is 14.5. The quantitative estimate of drug-likeness (QED) is 0.869. The molecule has 1 aromatic carbocycles. The van der Waals surface area contributed by atoms with Gasteiger partial charge in [0.15, 0.2) is 0 Å². The van der Waals surface area contributed by atoms with Crippen LogP contribution < -0.4 is 5.32 Å². The summed E-state index contributed by atoms with van der Waals surface area (Å²) in [5, 5.41) is 13.6. The van der Waals surface area contributed by atoms with Gasteiger partial charge in [0, 0.05) is 12.6 Å². The van der Waals surface area contributed by atoms with E-state index in [0.717, 1.165) is 19.4 Å². The number of nitrogens with one attached hydrogen (secondary N) is 1. The molecule has 1 fully saturated rings. The Morgan fingerprint density at radius 2 is 1.95 bits per heavy atom. The highest BCUT2D eigenvalue weighted by molar-refractivity contribution is 5.31. The summed E-state index contributed by atoms with van der Waals surface area (Å²) in [4.78, 5) is 0. The van der Waals surface area contributed by atoms with E-state index in [9.17, 15) is 5.11 Å². The molecular weight excluding hydrogens is 234 g/mol. The van der Waals surface area contributed by atoms with Crippen molar-refractivity contribution >= 4 is 0 Å². The monoisotopic (exact) mass is 261 g/mol. The third kappa shape index (κ3) is 3.80. The summed E-state index contributed by atoms with van der Waals surface area (Å²) in [5.41, 5.74) is 4.04. The molecule has 19 heavy (non-hydrogen) atoms. The second kappa shape index (κ2) is 6.53. The van der Waals surface area contributed by atoms with Crippen LogP contribution in [0.1, 0.15) is 55.3 Å². The standard InChI is InChI=1S/C17H27NO/c1-12-8-9-15(10-13(12)2)14(3)18-11-16-6-4-5-7-17(16)19/h8-10,14,16-19H,4-7,11H2,1-3H3.